The molecule has 2 nitrogen and oxygen atoms in total. The molecular formula is C17H21ClN2. The van der Waals surface area contributed by atoms with E-state index in [4.69, 9.17) is 11.6 Å². The maximum atomic E-state index is 5.98. The van der Waals surface area contributed by atoms with Crippen molar-refractivity contribution in [1.29, 1.82) is 0 Å². The van der Waals surface area contributed by atoms with E-state index in [1.807, 2.05) is 12.1 Å². The van der Waals surface area contributed by atoms with E-state index in [1.165, 1.54) is 16.8 Å². The van der Waals surface area contributed by atoms with Gasteiger partial charge in [-0.15, -0.1) is 0 Å². The van der Waals surface area contributed by atoms with Crippen LogP contribution in [0.15, 0.2) is 48.5 Å². The van der Waals surface area contributed by atoms with Crippen molar-refractivity contribution in [3.63, 3.8) is 0 Å². The molecule has 0 aromatic heterocycles. The lowest BCUT2D eigenvalue weighted by Gasteiger charge is -2.21. The van der Waals surface area contributed by atoms with Crippen molar-refractivity contribution in [2.75, 3.05) is 25.5 Å². The van der Waals surface area contributed by atoms with Gasteiger partial charge in [-0.05, 0) is 41.9 Å². The monoisotopic (exact) mass is 288 g/mol. The summed E-state index contributed by atoms with van der Waals surface area (Å²) in [5, 5.41) is 4.31. The Labute approximate surface area is 126 Å². The summed E-state index contributed by atoms with van der Waals surface area (Å²) >= 11 is 5.98. The van der Waals surface area contributed by atoms with Gasteiger partial charge in [-0.25, -0.2) is 0 Å². The molecule has 0 spiro atoms. The molecule has 0 bridgehead atoms. The highest BCUT2D eigenvalue weighted by molar-refractivity contribution is 6.30. The van der Waals surface area contributed by atoms with Crippen LogP contribution in [-0.4, -0.2) is 20.6 Å². The molecule has 2 aromatic carbocycles. The Morgan fingerprint density at radius 3 is 2.35 bits per heavy atom. The Kier molecular flexibility index (Phi) is 5.05. The highest BCUT2D eigenvalue weighted by Crippen LogP contribution is 2.26. The Morgan fingerprint density at radius 2 is 1.75 bits per heavy atom. The average Bonchev–Trinajstić information content (AvgIpc) is 2.46. The first-order chi connectivity index (χ1) is 9.61. The zero-order chi connectivity index (χ0) is 14.5. The van der Waals surface area contributed by atoms with Crippen LogP contribution in [0.1, 0.15) is 24.1 Å². The number of rotatable bonds is 5. The summed E-state index contributed by atoms with van der Waals surface area (Å²) in [6, 6.07) is 16.8. The number of benzene rings is 2. The van der Waals surface area contributed by atoms with Gasteiger partial charge in [-0.3, -0.25) is 0 Å². The van der Waals surface area contributed by atoms with E-state index in [2.05, 4.69) is 67.6 Å². The first kappa shape index (κ1) is 14.9. The molecule has 106 valence electrons. The normalized spacial score (nSPS) is 12.2. The topological polar surface area (TPSA) is 15.3 Å². The lowest BCUT2D eigenvalue weighted by molar-refractivity contribution is 0.630. The lowest BCUT2D eigenvalue weighted by atomic mass is 9.98. The largest absolute Gasteiger partial charge is 0.378 e. The van der Waals surface area contributed by atoms with Crippen molar-refractivity contribution in [3.05, 3.63) is 64.7 Å². The molecule has 0 aliphatic rings. The molecule has 0 aliphatic heterocycles. The number of hydrogen-bond acceptors (Lipinski definition) is 2. The van der Waals surface area contributed by atoms with Gasteiger partial charge in [-0.2, -0.15) is 0 Å². The number of hydrogen-bond donors (Lipinski definition) is 1. The number of halogens is 1. The molecule has 0 heterocycles. The van der Waals surface area contributed by atoms with E-state index in [0.29, 0.717) is 0 Å². The van der Waals surface area contributed by atoms with Gasteiger partial charge in [0.1, 0.15) is 0 Å². The van der Waals surface area contributed by atoms with Crippen LogP contribution < -0.4 is 10.2 Å². The molecule has 2 rings (SSSR count). The third-order valence-electron chi connectivity index (χ3n) is 3.33. The summed E-state index contributed by atoms with van der Waals surface area (Å²) in [5.41, 5.74) is 3.70. The lowest BCUT2D eigenvalue weighted by Crippen LogP contribution is -2.22. The smallest absolute Gasteiger partial charge is 0.0577 e. The van der Waals surface area contributed by atoms with Crippen molar-refractivity contribution in [3.8, 4) is 0 Å². The van der Waals surface area contributed by atoms with E-state index in [0.717, 1.165) is 11.6 Å². The summed E-state index contributed by atoms with van der Waals surface area (Å²) in [6.07, 6.45) is 0. The predicted molar refractivity (Wildman–Crippen MR) is 87.7 cm³/mol. The van der Waals surface area contributed by atoms with Crippen LogP contribution in [0, 0.1) is 0 Å². The van der Waals surface area contributed by atoms with Gasteiger partial charge in [0.2, 0.25) is 0 Å². The molecule has 0 amide bonds. The van der Waals surface area contributed by atoms with Gasteiger partial charge in [-0.1, -0.05) is 42.8 Å². The Hall–Kier alpha value is -1.51. The molecule has 0 radical (unpaired) electrons. The minimum atomic E-state index is 0.192. The molecule has 0 saturated heterocycles. The summed E-state index contributed by atoms with van der Waals surface area (Å²) in [4.78, 5) is 2.12. The molecule has 1 atom stereocenters. The summed E-state index contributed by atoms with van der Waals surface area (Å²) in [5.74, 6) is 0. The fraction of sp³-hybridized carbons (Fsp3) is 0.294. The SMILES string of the molecule is CCNC(c1ccc(Cl)cc1)c1cccc(N(C)C)c1. The fourth-order valence-electron chi connectivity index (χ4n) is 2.27. The highest BCUT2D eigenvalue weighted by atomic mass is 35.5. The van der Waals surface area contributed by atoms with E-state index < -0.39 is 0 Å². The van der Waals surface area contributed by atoms with Gasteiger partial charge in [0.05, 0.1) is 6.04 Å². The van der Waals surface area contributed by atoms with Gasteiger partial charge in [0.15, 0.2) is 0 Å². The van der Waals surface area contributed by atoms with Crippen LogP contribution in [0.4, 0.5) is 5.69 Å². The molecule has 0 fully saturated rings. The quantitative estimate of drug-likeness (QED) is 0.891. The molecule has 0 aliphatic carbocycles. The molecule has 1 unspecified atom stereocenters. The number of anilines is 1. The number of nitrogens with one attached hydrogen (secondary N) is 1. The average molecular weight is 289 g/mol. The minimum Gasteiger partial charge on any atom is -0.378 e. The van der Waals surface area contributed by atoms with Crippen LogP contribution in [-0.2, 0) is 0 Å². The first-order valence-electron chi connectivity index (χ1n) is 6.88. The van der Waals surface area contributed by atoms with Gasteiger partial charge >= 0.3 is 0 Å². The van der Waals surface area contributed by atoms with Crippen molar-refractivity contribution < 1.29 is 0 Å². The van der Waals surface area contributed by atoms with Gasteiger partial charge in [0, 0.05) is 24.8 Å². The maximum absolute atomic E-state index is 5.98. The second-order valence-electron chi connectivity index (χ2n) is 5.03. The summed E-state index contributed by atoms with van der Waals surface area (Å²) in [6.45, 7) is 3.04. The standard InChI is InChI=1S/C17H21ClN2/c1-4-19-17(13-8-10-15(18)11-9-13)14-6-5-7-16(12-14)20(2)3/h5-12,17,19H,4H2,1-3H3. The van der Waals surface area contributed by atoms with Crippen LogP contribution in [0.3, 0.4) is 0 Å². The minimum absolute atomic E-state index is 0.192. The Morgan fingerprint density at radius 1 is 1.05 bits per heavy atom. The van der Waals surface area contributed by atoms with E-state index >= 15 is 0 Å². The molecule has 3 heteroatoms. The van der Waals surface area contributed by atoms with E-state index in [1.54, 1.807) is 0 Å². The number of nitrogens with zero attached hydrogens (tertiary/aromatic N) is 1. The van der Waals surface area contributed by atoms with Gasteiger partial charge in [0.25, 0.3) is 0 Å². The van der Waals surface area contributed by atoms with Crippen LogP contribution in [0.25, 0.3) is 0 Å². The van der Waals surface area contributed by atoms with Crippen molar-refractivity contribution >= 4 is 17.3 Å². The third-order valence-corrected chi connectivity index (χ3v) is 3.58. The summed E-state index contributed by atoms with van der Waals surface area (Å²) in [7, 11) is 4.12. The van der Waals surface area contributed by atoms with Crippen LogP contribution in [0.5, 0.6) is 0 Å². The second kappa shape index (κ2) is 6.78. The summed E-state index contributed by atoms with van der Waals surface area (Å²) < 4.78 is 0. The molecule has 20 heavy (non-hydrogen) atoms. The van der Waals surface area contributed by atoms with Crippen molar-refractivity contribution in [2.45, 2.75) is 13.0 Å². The second-order valence-corrected chi connectivity index (χ2v) is 5.47. The zero-order valence-electron chi connectivity index (χ0n) is 12.2. The zero-order valence-corrected chi connectivity index (χ0v) is 13.0. The van der Waals surface area contributed by atoms with Gasteiger partial charge < -0.3 is 10.2 Å². The first-order valence-corrected chi connectivity index (χ1v) is 7.25. The van der Waals surface area contributed by atoms with Crippen molar-refractivity contribution in [1.82, 2.24) is 5.32 Å². The fourth-order valence-corrected chi connectivity index (χ4v) is 2.40. The van der Waals surface area contributed by atoms with Crippen LogP contribution >= 0.6 is 11.6 Å². The van der Waals surface area contributed by atoms with E-state index in [9.17, 15) is 0 Å². The van der Waals surface area contributed by atoms with Crippen molar-refractivity contribution in [2.24, 2.45) is 0 Å². The maximum Gasteiger partial charge on any atom is 0.0577 e. The molecule has 2 aromatic rings. The van der Waals surface area contributed by atoms with E-state index in [-0.39, 0.29) is 6.04 Å². The third kappa shape index (κ3) is 3.53. The molecular weight excluding hydrogens is 268 g/mol. The van der Waals surface area contributed by atoms with Crippen LogP contribution in [0.2, 0.25) is 5.02 Å². The Balaban J connectivity index is 2.37. The Bertz CT molecular complexity index is 549. The highest BCUT2D eigenvalue weighted by Gasteiger charge is 2.13. The molecule has 0 saturated carbocycles. The predicted octanol–water partition coefficient (Wildman–Crippen LogP) is 4.10. The molecule has 1 N–H and O–H groups in total.